The summed E-state index contributed by atoms with van der Waals surface area (Å²) < 4.78 is 37.2. The Bertz CT molecular complexity index is 1440. The third-order valence-electron chi connectivity index (χ3n) is 8.60. The summed E-state index contributed by atoms with van der Waals surface area (Å²) in [7, 11) is 0. The molecule has 3 N–H and O–H groups in total. The average molecular weight is 571 g/mol. The molecule has 10 nitrogen and oxygen atoms in total. The normalized spacial score (nSPS) is 23.5. The molecule has 2 saturated carbocycles. The summed E-state index contributed by atoms with van der Waals surface area (Å²) in [5.74, 6) is -2.47. The first-order chi connectivity index (χ1) is 19.5. The van der Waals surface area contributed by atoms with Crippen molar-refractivity contribution in [2.75, 3.05) is 6.61 Å². The SMILES string of the molecule is Cc1nonc1C(=O)N[C@H](c1nc2ccc([C@H](NC(=O)CC3CC(F)(F)C3)C3CC3)cc2[nH]1)[C@H]1CCOC(C)(C)C1. The number of aryl methyl sites for hydroxylation is 1. The Balaban J connectivity index is 1.24. The minimum absolute atomic E-state index is 0.0558. The standard InChI is InChI=1S/C29H36F2N6O4/c1-15-23(37-41-36-15)27(39)35-25(19-8-9-40-28(2,3)14-19)26-32-20-7-6-18(11-21(20)33-26)24(17-4-5-17)34-22(38)10-16-12-29(30,31)13-16/h6-7,11,16-17,19,24-25H,4-5,8-10,12-14H2,1-3H3,(H,32,33)(H,34,38)(H,35,39)/t19-,24+,25-/m0/s1. The molecule has 0 spiro atoms. The number of imidazole rings is 1. The molecule has 1 aliphatic heterocycles. The van der Waals surface area contributed by atoms with Gasteiger partial charge in [0, 0.05) is 25.9 Å². The van der Waals surface area contributed by atoms with Gasteiger partial charge in [-0.15, -0.1) is 0 Å². The highest BCUT2D eigenvalue weighted by molar-refractivity contribution is 5.93. The van der Waals surface area contributed by atoms with Crippen LogP contribution in [0.5, 0.6) is 0 Å². The molecular weight excluding hydrogens is 534 g/mol. The van der Waals surface area contributed by atoms with Crippen molar-refractivity contribution in [2.24, 2.45) is 17.8 Å². The summed E-state index contributed by atoms with van der Waals surface area (Å²) in [6.07, 6.45) is 3.16. The monoisotopic (exact) mass is 570 g/mol. The quantitative estimate of drug-likeness (QED) is 0.332. The molecule has 3 aromatic rings. The van der Waals surface area contributed by atoms with Gasteiger partial charge in [-0.1, -0.05) is 11.2 Å². The van der Waals surface area contributed by atoms with E-state index in [9.17, 15) is 18.4 Å². The molecular formula is C29H36F2N6O4. The van der Waals surface area contributed by atoms with Crippen LogP contribution in [0.2, 0.25) is 0 Å². The fourth-order valence-corrected chi connectivity index (χ4v) is 6.33. The number of fused-ring (bicyclic) bond motifs is 1. The lowest BCUT2D eigenvalue weighted by Gasteiger charge is -2.38. The van der Waals surface area contributed by atoms with Gasteiger partial charge < -0.3 is 20.4 Å². The van der Waals surface area contributed by atoms with Gasteiger partial charge in [0.15, 0.2) is 5.69 Å². The number of alkyl halides is 2. The van der Waals surface area contributed by atoms with Crippen LogP contribution >= 0.6 is 0 Å². The summed E-state index contributed by atoms with van der Waals surface area (Å²) in [5, 5.41) is 13.7. The lowest BCUT2D eigenvalue weighted by atomic mass is 9.79. The largest absolute Gasteiger partial charge is 0.376 e. The molecule has 41 heavy (non-hydrogen) atoms. The van der Waals surface area contributed by atoms with Crippen LogP contribution in [0.15, 0.2) is 22.8 Å². The minimum atomic E-state index is -2.63. The number of hydrogen-bond acceptors (Lipinski definition) is 7. The third-order valence-corrected chi connectivity index (χ3v) is 8.60. The van der Waals surface area contributed by atoms with Crippen molar-refractivity contribution >= 4 is 22.8 Å². The Morgan fingerprint density at radius 2 is 1.85 bits per heavy atom. The van der Waals surface area contributed by atoms with Crippen LogP contribution in [0.3, 0.4) is 0 Å². The van der Waals surface area contributed by atoms with Crippen molar-refractivity contribution in [3.05, 3.63) is 41.0 Å². The molecule has 0 unspecified atom stereocenters. The van der Waals surface area contributed by atoms with Crippen molar-refractivity contribution in [2.45, 2.75) is 89.3 Å². The summed E-state index contributed by atoms with van der Waals surface area (Å²) in [4.78, 5) is 34.2. The van der Waals surface area contributed by atoms with Crippen LogP contribution in [-0.4, -0.2) is 50.2 Å². The van der Waals surface area contributed by atoms with Crippen molar-refractivity contribution in [1.29, 1.82) is 0 Å². The number of amides is 2. The third kappa shape index (κ3) is 6.12. The molecule has 2 amide bonds. The zero-order valence-corrected chi connectivity index (χ0v) is 23.5. The molecule has 2 aliphatic carbocycles. The van der Waals surface area contributed by atoms with Crippen LogP contribution in [0.4, 0.5) is 8.78 Å². The van der Waals surface area contributed by atoms with Crippen molar-refractivity contribution in [1.82, 2.24) is 30.9 Å². The molecule has 0 radical (unpaired) electrons. The fraction of sp³-hybridized carbons (Fsp3) is 0.621. The van der Waals surface area contributed by atoms with E-state index in [2.05, 4.69) is 25.9 Å². The number of aromatic amines is 1. The van der Waals surface area contributed by atoms with Gasteiger partial charge in [0.05, 0.1) is 28.7 Å². The molecule has 3 heterocycles. The molecule has 0 bridgehead atoms. The second kappa shape index (κ2) is 10.5. The number of benzene rings is 1. The number of hydrogen-bond donors (Lipinski definition) is 3. The maximum atomic E-state index is 13.2. The van der Waals surface area contributed by atoms with E-state index >= 15 is 0 Å². The molecule has 12 heteroatoms. The Hall–Kier alpha value is -3.41. The van der Waals surface area contributed by atoms with Gasteiger partial charge >= 0.3 is 0 Å². The number of aromatic nitrogens is 4. The van der Waals surface area contributed by atoms with Gasteiger partial charge in [-0.3, -0.25) is 9.59 Å². The topological polar surface area (TPSA) is 135 Å². The minimum Gasteiger partial charge on any atom is -0.376 e. The summed E-state index contributed by atoms with van der Waals surface area (Å²) >= 11 is 0. The summed E-state index contributed by atoms with van der Waals surface area (Å²) in [6, 6.07) is 5.25. The van der Waals surface area contributed by atoms with Crippen LogP contribution < -0.4 is 10.6 Å². The number of rotatable bonds is 9. The van der Waals surface area contributed by atoms with Gasteiger partial charge in [0.1, 0.15) is 11.5 Å². The number of ether oxygens (including phenoxy) is 1. The number of nitrogens with zero attached hydrogens (tertiary/aromatic N) is 3. The second-order valence-corrected chi connectivity index (χ2v) is 12.6. The number of carbonyl (C=O) groups excluding carboxylic acids is 2. The lowest BCUT2D eigenvalue weighted by Crippen LogP contribution is -2.42. The number of H-pyrrole nitrogens is 1. The second-order valence-electron chi connectivity index (χ2n) is 12.6. The zero-order valence-electron chi connectivity index (χ0n) is 23.5. The van der Waals surface area contributed by atoms with Gasteiger partial charge in [0.25, 0.3) is 5.91 Å². The highest BCUT2D eigenvalue weighted by Gasteiger charge is 2.46. The Kier molecular flexibility index (Phi) is 7.07. The Morgan fingerprint density at radius 3 is 2.51 bits per heavy atom. The predicted octanol–water partition coefficient (Wildman–Crippen LogP) is 4.93. The highest BCUT2D eigenvalue weighted by Crippen LogP contribution is 2.45. The van der Waals surface area contributed by atoms with Crippen molar-refractivity contribution in [3.8, 4) is 0 Å². The van der Waals surface area contributed by atoms with E-state index in [0.717, 1.165) is 42.3 Å². The van der Waals surface area contributed by atoms with Crippen LogP contribution in [-0.2, 0) is 9.53 Å². The Labute approximate surface area is 236 Å². The molecule has 1 saturated heterocycles. The van der Waals surface area contributed by atoms with E-state index < -0.39 is 12.0 Å². The van der Waals surface area contributed by atoms with Crippen molar-refractivity contribution < 1.29 is 27.7 Å². The summed E-state index contributed by atoms with van der Waals surface area (Å²) in [5.41, 5.74) is 2.67. The first-order valence-electron chi connectivity index (χ1n) is 14.4. The molecule has 3 fully saturated rings. The summed E-state index contributed by atoms with van der Waals surface area (Å²) in [6.45, 7) is 6.31. The van der Waals surface area contributed by atoms with E-state index in [1.54, 1.807) is 6.92 Å². The van der Waals surface area contributed by atoms with Crippen molar-refractivity contribution in [3.63, 3.8) is 0 Å². The maximum Gasteiger partial charge on any atom is 0.276 e. The highest BCUT2D eigenvalue weighted by atomic mass is 19.3. The number of nitrogens with one attached hydrogen (secondary N) is 3. The number of carbonyl (C=O) groups is 2. The van der Waals surface area contributed by atoms with Gasteiger partial charge in [-0.25, -0.2) is 18.4 Å². The Morgan fingerprint density at radius 1 is 1.07 bits per heavy atom. The van der Waals surface area contributed by atoms with Crippen LogP contribution in [0.25, 0.3) is 11.0 Å². The molecule has 2 aromatic heterocycles. The fourth-order valence-electron chi connectivity index (χ4n) is 6.33. The predicted molar refractivity (Wildman–Crippen MR) is 144 cm³/mol. The maximum absolute atomic E-state index is 13.2. The molecule has 220 valence electrons. The first kappa shape index (κ1) is 27.7. The lowest BCUT2D eigenvalue weighted by molar-refractivity contribution is -0.134. The number of halogens is 2. The molecule has 3 atom stereocenters. The zero-order chi connectivity index (χ0) is 28.9. The van der Waals surface area contributed by atoms with E-state index in [0.29, 0.717) is 24.0 Å². The van der Waals surface area contributed by atoms with Gasteiger partial charge in [0.2, 0.25) is 11.8 Å². The average Bonchev–Trinajstić information content (AvgIpc) is 3.49. The van der Waals surface area contributed by atoms with Crippen LogP contribution in [0.1, 0.15) is 98.4 Å². The van der Waals surface area contributed by atoms with E-state index in [1.165, 1.54) is 0 Å². The van der Waals surface area contributed by atoms with E-state index in [-0.39, 0.29) is 60.2 Å². The van der Waals surface area contributed by atoms with Gasteiger partial charge in [-0.05, 0) is 87.1 Å². The van der Waals surface area contributed by atoms with Gasteiger partial charge in [-0.2, -0.15) is 0 Å². The smallest absolute Gasteiger partial charge is 0.276 e. The van der Waals surface area contributed by atoms with E-state index in [4.69, 9.17) is 14.3 Å². The molecule has 3 aliphatic rings. The first-order valence-corrected chi connectivity index (χ1v) is 14.4. The van der Waals surface area contributed by atoms with Crippen LogP contribution in [0, 0.1) is 24.7 Å². The van der Waals surface area contributed by atoms with E-state index in [1.807, 2.05) is 32.0 Å². The molecule has 1 aromatic carbocycles. The molecule has 6 rings (SSSR count).